The predicted molar refractivity (Wildman–Crippen MR) is 86.2 cm³/mol. The fraction of sp³-hybridized carbons (Fsp3) is 0.118. The van der Waals surface area contributed by atoms with Gasteiger partial charge in [0.2, 0.25) is 0 Å². The van der Waals surface area contributed by atoms with E-state index in [0.717, 1.165) is 11.6 Å². The predicted octanol–water partition coefficient (Wildman–Crippen LogP) is 2.72. The Bertz CT molecular complexity index is 843. The Morgan fingerprint density at radius 3 is 2.72 bits per heavy atom. The molecule has 0 radical (unpaired) electrons. The molecule has 0 aliphatic carbocycles. The van der Waals surface area contributed by atoms with E-state index in [9.17, 15) is 24.4 Å². The van der Waals surface area contributed by atoms with Gasteiger partial charge in [0.15, 0.2) is 5.75 Å². The first-order valence-corrected chi connectivity index (χ1v) is 7.07. The number of phenols is 1. The van der Waals surface area contributed by atoms with Crippen molar-refractivity contribution in [3.63, 3.8) is 0 Å². The highest BCUT2D eigenvalue weighted by molar-refractivity contribution is 5.67. The molecule has 0 heterocycles. The Morgan fingerprint density at radius 1 is 1.32 bits per heavy atom. The molecule has 7 nitrogen and oxygen atoms in total. The van der Waals surface area contributed by atoms with Crippen molar-refractivity contribution in [1.82, 2.24) is 5.32 Å². The molecule has 2 aromatic carbocycles. The van der Waals surface area contributed by atoms with E-state index in [1.165, 1.54) is 0 Å². The molecule has 0 saturated carbocycles. The fourth-order valence-corrected chi connectivity index (χ4v) is 1.82. The number of nitrogens with zero attached hydrogens (tertiary/aromatic N) is 1. The van der Waals surface area contributed by atoms with E-state index >= 15 is 0 Å². The monoisotopic (exact) mass is 344 g/mol. The maximum atomic E-state index is 13.6. The van der Waals surface area contributed by atoms with Crippen LogP contribution in [0.15, 0.2) is 42.5 Å². The van der Waals surface area contributed by atoms with Crippen molar-refractivity contribution in [2.45, 2.75) is 6.61 Å². The fourth-order valence-electron chi connectivity index (χ4n) is 1.82. The Hall–Kier alpha value is -3.60. The Kier molecular flexibility index (Phi) is 5.90. The molecule has 0 saturated heterocycles. The highest BCUT2D eigenvalue weighted by atomic mass is 19.1. The zero-order valence-corrected chi connectivity index (χ0v) is 12.9. The van der Waals surface area contributed by atoms with Crippen LogP contribution in [0.1, 0.15) is 11.1 Å². The molecule has 2 aromatic rings. The molecule has 0 fully saturated rings. The van der Waals surface area contributed by atoms with E-state index in [-0.39, 0.29) is 18.7 Å². The topological polar surface area (TPSA) is 102 Å². The molecular weight excluding hydrogens is 331 g/mol. The standard InChI is InChI=1S/C17H13FN2O5/c18-14-10-16(21)15(20(23)24)9-13(14)7-4-8-19-17(22)25-11-12-5-2-1-3-6-12/h1-3,5-6,9-10,21H,8,11H2,(H,19,22). The minimum atomic E-state index is -0.901. The number of alkyl carbamates (subject to hydrolysis) is 1. The van der Waals surface area contributed by atoms with E-state index in [4.69, 9.17) is 4.74 Å². The van der Waals surface area contributed by atoms with Gasteiger partial charge in [-0.25, -0.2) is 9.18 Å². The minimum absolute atomic E-state index is 0.0961. The van der Waals surface area contributed by atoms with Crippen molar-refractivity contribution in [1.29, 1.82) is 0 Å². The summed E-state index contributed by atoms with van der Waals surface area (Å²) in [4.78, 5) is 21.3. The molecule has 0 unspecified atom stereocenters. The molecule has 1 amide bonds. The number of carbonyl (C=O) groups is 1. The van der Waals surface area contributed by atoms with Crippen LogP contribution in [0.3, 0.4) is 0 Å². The van der Waals surface area contributed by atoms with Crippen LogP contribution in [0, 0.1) is 27.8 Å². The lowest BCUT2D eigenvalue weighted by Crippen LogP contribution is -2.24. The van der Waals surface area contributed by atoms with Gasteiger partial charge in [0.1, 0.15) is 12.4 Å². The van der Waals surface area contributed by atoms with Gasteiger partial charge in [0.05, 0.1) is 17.0 Å². The summed E-state index contributed by atoms with van der Waals surface area (Å²) in [7, 11) is 0. The number of amides is 1. The summed E-state index contributed by atoms with van der Waals surface area (Å²) < 4.78 is 18.5. The third-order valence-corrected chi connectivity index (χ3v) is 3.02. The van der Waals surface area contributed by atoms with E-state index in [0.29, 0.717) is 6.07 Å². The van der Waals surface area contributed by atoms with E-state index < -0.39 is 28.3 Å². The number of rotatable bonds is 4. The van der Waals surface area contributed by atoms with Gasteiger partial charge in [-0.05, 0) is 5.56 Å². The lowest BCUT2D eigenvalue weighted by molar-refractivity contribution is -0.385. The van der Waals surface area contributed by atoms with Crippen molar-refractivity contribution >= 4 is 11.8 Å². The zero-order chi connectivity index (χ0) is 18.2. The Labute approximate surface area is 142 Å². The van der Waals surface area contributed by atoms with Crippen LogP contribution in [-0.4, -0.2) is 22.7 Å². The van der Waals surface area contributed by atoms with Crippen LogP contribution in [-0.2, 0) is 11.3 Å². The smallest absolute Gasteiger partial charge is 0.408 e. The normalized spacial score (nSPS) is 9.64. The second-order valence-electron chi connectivity index (χ2n) is 4.79. The third kappa shape index (κ3) is 5.21. The molecular formula is C17H13FN2O5. The van der Waals surface area contributed by atoms with Gasteiger partial charge in [-0.2, -0.15) is 0 Å². The van der Waals surface area contributed by atoms with Gasteiger partial charge in [-0.15, -0.1) is 0 Å². The number of nitro benzene ring substituents is 1. The molecule has 2 N–H and O–H groups in total. The Balaban J connectivity index is 1.89. The van der Waals surface area contributed by atoms with Gasteiger partial charge in [0, 0.05) is 12.1 Å². The van der Waals surface area contributed by atoms with Gasteiger partial charge < -0.3 is 15.2 Å². The molecule has 25 heavy (non-hydrogen) atoms. The first-order chi connectivity index (χ1) is 12.0. The zero-order valence-electron chi connectivity index (χ0n) is 12.9. The molecule has 0 aliphatic rings. The molecule has 0 aromatic heterocycles. The van der Waals surface area contributed by atoms with Gasteiger partial charge >= 0.3 is 11.8 Å². The maximum absolute atomic E-state index is 13.6. The van der Waals surface area contributed by atoms with Gasteiger partial charge in [0.25, 0.3) is 0 Å². The van der Waals surface area contributed by atoms with Crippen LogP contribution in [0.4, 0.5) is 14.9 Å². The summed E-state index contributed by atoms with van der Waals surface area (Å²) in [5, 5.41) is 22.3. The van der Waals surface area contributed by atoms with Crippen LogP contribution in [0.25, 0.3) is 0 Å². The number of aromatic hydroxyl groups is 1. The Morgan fingerprint density at radius 2 is 2.04 bits per heavy atom. The van der Waals surface area contributed by atoms with Gasteiger partial charge in [-0.3, -0.25) is 10.1 Å². The summed E-state index contributed by atoms with van der Waals surface area (Å²) in [6.07, 6.45) is -0.699. The van der Waals surface area contributed by atoms with Crippen molar-refractivity contribution < 1.29 is 24.0 Å². The summed E-state index contributed by atoms with van der Waals surface area (Å²) in [6, 6.07) is 10.5. The largest absolute Gasteiger partial charge is 0.502 e. The lowest BCUT2D eigenvalue weighted by atomic mass is 10.2. The summed E-state index contributed by atoms with van der Waals surface area (Å²) in [5.74, 6) is 3.12. The minimum Gasteiger partial charge on any atom is -0.502 e. The maximum Gasteiger partial charge on any atom is 0.408 e. The number of benzene rings is 2. The molecule has 2 rings (SSSR count). The first kappa shape index (κ1) is 17.7. The number of hydrogen-bond donors (Lipinski definition) is 2. The van der Waals surface area contributed by atoms with Crippen LogP contribution < -0.4 is 5.32 Å². The average Bonchev–Trinajstić information content (AvgIpc) is 2.59. The molecule has 8 heteroatoms. The highest BCUT2D eigenvalue weighted by Crippen LogP contribution is 2.28. The highest BCUT2D eigenvalue weighted by Gasteiger charge is 2.16. The van der Waals surface area contributed by atoms with E-state index in [1.54, 1.807) is 12.1 Å². The van der Waals surface area contributed by atoms with Crippen LogP contribution in [0.5, 0.6) is 5.75 Å². The van der Waals surface area contributed by atoms with E-state index in [1.807, 2.05) is 18.2 Å². The molecule has 0 bridgehead atoms. The quantitative estimate of drug-likeness (QED) is 0.504. The SMILES string of the molecule is O=C(NCC#Cc1cc([N+](=O)[O-])c(O)cc1F)OCc1ccccc1. The molecule has 0 spiro atoms. The average molecular weight is 344 g/mol. The van der Waals surface area contributed by atoms with Crippen molar-refractivity contribution in [2.75, 3.05) is 6.54 Å². The van der Waals surface area contributed by atoms with Gasteiger partial charge in [-0.1, -0.05) is 42.2 Å². The number of carbonyl (C=O) groups excluding carboxylic acids is 1. The molecule has 128 valence electrons. The van der Waals surface area contributed by atoms with Crippen molar-refractivity contribution in [2.24, 2.45) is 0 Å². The van der Waals surface area contributed by atoms with Crippen LogP contribution >= 0.6 is 0 Å². The lowest BCUT2D eigenvalue weighted by Gasteiger charge is -2.04. The number of halogens is 1. The molecule has 0 aliphatic heterocycles. The first-order valence-electron chi connectivity index (χ1n) is 7.07. The third-order valence-electron chi connectivity index (χ3n) is 3.02. The number of nitro groups is 1. The molecule has 0 atom stereocenters. The number of phenolic OH excluding ortho intramolecular Hbond substituents is 1. The summed E-state index contributed by atoms with van der Waals surface area (Å²) in [5.41, 5.74) is -0.0907. The number of nitrogens with one attached hydrogen (secondary N) is 1. The second kappa shape index (κ2) is 8.31. The summed E-state index contributed by atoms with van der Waals surface area (Å²) in [6.45, 7) is -0.0410. The van der Waals surface area contributed by atoms with Crippen LogP contribution in [0.2, 0.25) is 0 Å². The summed E-state index contributed by atoms with van der Waals surface area (Å²) >= 11 is 0. The number of hydrogen-bond acceptors (Lipinski definition) is 5. The second-order valence-corrected chi connectivity index (χ2v) is 4.79. The van der Waals surface area contributed by atoms with Crippen molar-refractivity contribution in [3.05, 3.63) is 69.5 Å². The van der Waals surface area contributed by atoms with E-state index in [2.05, 4.69) is 17.2 Å². The van der Waals surface area contributed by atoms with Crippen molar-refractivity contribution in [3.8, 4) is 17.6 Å². The number of ether oxygens (including phenoxy) is 1.